The Bertz CT molecular complexity index is 664. The first-order valence-electron chi connectivity index (χ1n) is 5.53. The summed E-state index contributed by atoms with van der Waals surface area (Å²) in [5, 5.41) is 1.33. The van der Waals surface area contributed by atoms with Gasteiger partial charge in [-0.1, -0.05) is 34.1 Å². The summed E-state index contributed by atoms with van der Waals surface area (Å²) < 4.78 is 2.55. The van der Waals surface area contributed by atoms with Crippen molar-refractivity contribution in [1.29, 1.82) is 0 Å². The number of hydrogen-bond donors (Lipinski definition) is 0. The Morgan fingerprint density at radius 2 is 1.89 bits per heavy atom. The Kier molecular flexibility index (Phi) is 3.63. The van der Waals surface area contributed by atoms with Gasteiger partial charge >= 0.3 is 0 Å². The Hall–Kier alpha value is -0.160. The second kappa shape index (κ2) is 5.08. The third kappa shape index (κ3) is 2.31. The molecule has 0 saturated heterocycles. The van der Waals surface area contributed by atoms with E-state index in [1.54, 1.807) is 11.3 Å². The van der Waals surface area contributed by atoms with Crippen molar-refractivity contribution >= 4 is 64.6 Å². The van der Waals surface area contributed by atoms with E-state index in [1.807, 2.05) is 11.3 Å². The van der Waals surface area contributed by atoms with Crippen molar-refractivity contribution in [2.75, 3.05) is 0 Å². The number of fused-ring (bicyclic) bond motifs is 1. The Balaban J connectivity index is 2.06. The molecular weight excluding hydrogens is 392 g/mol. The minimum absolute atomic E-state index is 0.289. The highest BCUT2D eigenvalue weighted by Gasteiger charge is 2.17. The lowest BCUT2D eigenvalue weighted by atomic mass is 10.1. The third-order valence-corrected chi connectivity index (χ3v) is 6.93. The van der Waals surface area contributed by atoms with Crippen LogP contribution in [0.15, 0.2) is 40.2 Å². The molecule has 3 aromatic rings. The van der Waals surface area contributed by atoms with Crippen molar-refractivity contribution in [2.24, 2.45) is 0 Å². The Morgan fingerprint density at radius 3 is 2.56 bits per heavy atom. The molecule has 3 rings (SSSR count). The topological polar surface area (TPSA) is 0 Å². The lowest BCUT2D eigenvalue weighted by Crippen LogP contribution is -1.88. The van der Waals surface area contributed by atoms with Crippen LogP contribution in [-0.4, -0.2) is 0 Å². The van der Waals surface area contributed by atoms with Gasteiger partial charge in [-0.15, -0.1) is 22.7 Å². The number of halogens is 2. The minimum Gasteiger partial charge on any atom is -0.139 e. The van der Waals surface area contributed by atoms with Crippen molar-refractivity contribution in [3.63, 3.8) is 0 Å². The molecule has 92 valence electrons. The summed E-state index contributed by atoms with van der Waals surface area (Å²) in [5.41, 5.74) is 1.36. The summed E-state index contributed by atoms with van der Waals surface area (Å²) in [6.07, 6.45) is 0. The summed E-state index contributed by atoms with van der Waals surface area (Å²) in [6, 6.07) is 13.0. The summed E-state index contributed by atoms with van der Waals surface area (Å²) in [6.45, 7) is 2.17. The van der Waals surface area contributed by atoms with E-state index in [4.69, 9.17) is 0 Å². The molecule has 2 aromatic heterocycles. The lowest BCUT2D eigenvalue weighted by Gasteiger charge is -2.06. The largest absolute Gasteiger partial charge is 0.139 e. The van der Waals surface area contributed by atoms with E-state index in [0.717, 1.165) is 0 Å². The fourth-order valence-electron chi connectivity index (χ4n) is 1.99. The standard InChI is InChI=1S/C14H10Br2S2/c1-8-10(7-13(15)17-8)14(16)12-6-9-4-2-3-5-11(9)18-12/h2-7,14H,1H3. The zero-order valence-corrected chi connectivity index (χ0v) is 14.4. The van der Waals surface area contributed by atoms with Gasteiger partial charge in [0.15, 0.2) is 0 Å². The molecule has 0 aliphatic rings. The van der Waals surface area contributed by atoms with Crippen LogP contribution in [0.4, 0.5) is 0 Å². The second-order valence-corrected chi connectivity index (χ2v) is 8.78. The fraction of sp³-hybridized carbons (Fsp3) is 0.143. The molecule has 18 heavy (non-hydrogen) atoms. The van der Waals surface area contributed by atoms with Crippen LogP contribution in [0.25, 0.3) is 10.1 Å². The van der Waals surface area contributed by atoms with E-state index < -0.39 is 0 Å². The normalized spacial score (nSPS) is 13.1. The van der Waals surface area contributed by atoms with Crippen molar-refractivity contribution in [1.82, 2.24) is 0 Å². The van der Waals surface area contributed by atoms with E-state index in [1.165, 1.54) is 29.2 Å². The van der Waals surface area contributed by atoms with Crippen LogP contribution in [0.2, 0.25) is 0 Å². The first-order chi connectivity index (χ1) is 8.65. The smallest absolute Gasteiger partial charge is 0.0749 e. The lowest BCUT2D eigenvalue weighted by molar-refractivity contribution is 1.22. The van der Waals surface area contributed by atoms with E-state index in [0.29, 0.717) is 0 Å². The van der Waals surface area contributed by atoms with Gasteiger partial charge in [0.1, 0.15) is 0 Å². The number of hydrogen-bond acceptors (Lipinski definition) is 2. The maximum Gasteiger partial charge on any atom is 0.0749 e. The summed E-state index contributed by atoms with van der Waals surface area (Å²) in [5.74, 6) is 0. The molecule has 0 bridgehead atoms. The number of benzene rings is 1. The van der Waals surface area contributed by atoms with Crippen molar-refractivity contribution in [3.05, 3.63) is 55.5 Å². The SMILES string of the molecule is Cc1sc(Br)cc1C(Br)c1cc2ccccc2s1. The molecule has 0 fully saturated rings. The molecule has 0 aliphatic carbocycles. The van der Waals surface area contributed by atoms with Gasteiger partial charge in [-0.25, -0.2) is 0 Å². The third-order valence-electron chi connectivity index (χ3n) is 2.89. The Labute approximate surface area is 131 Å². The quantitative estimate of drug-likeness (QED) is 0.429. The number of thiophene rings is 2. The van der Waals surface area contributed by atoms with Gasteiger partial charge < -0.3 is 0 Å². The summed E-state index contributed by atoms with van der Waals surface area (Å²) >= 11 is 11.0. The van der Waals surface area contributed by atoms with Crippen molar-refractivity contribution < 1.29 is 0 Å². The highest BCUT2D eigenvalue weighted by Crippen LogP contribution is 2.42. The maximum absolute atomic E-state index is 3.83. The first kappa shape index (κ1) is 12.9. The van der Waals surface area contributed by atoms with Gasteiger partial charge in [-0.05, 0) is 52.0 Å². The van der Waals surface area contributed by atoms with Crippen LogP contribution >= 0.6 is 54.5 Å². The van der Waals surface area contributed by atoms with Crippen LogP contribution in [0.5, 0.6) is 0 Å². The highest BCUT2D eigenvalue weighted by atomic mass is 79.9. The molecule has 0 amide bonds. The Morgan fingerprint density at radius 1 is 1.11 bits per heavy atom. The molecule has 0 nitrogen and oxygen atoms in total. The zero-order valence-electron chi connectivity index (χ0n) is 9.61. The van der Waals surface area contributed by atoms with Crippen LogP contribution < -0.4 is 0 Å². The fourth-order valence-corrected chi connectivity index (χ4v) is 5.84. The van der Waals surface area contributed by atoms with Gasteiger partial charge in [-0.3, -0.25) is 0 Å². The van der Waals surface area contributed by atoms with Gasteiger partial charge in [0.05, 0.1) is 8.61 Å². The minimum atomic E-state index is 0.289. The van der Waals surface area contributed by atoms with Crippen LogP contribution in [0.3, 0.4) is 0 Å². The summed E-state index contributed by atoms with van der Waals surface area (Å²) in [7, 11) is 0. The molecule has 1 atom stereocenters. The molecule has 2 heterocycles. The predicted molar refractivity (Wildman–Crippen MR) is 89.4 cm³/mol. The van der Waals surface area contributed by atoms with E-state index >= 15 is 0 Å². The molecule has 1 unspecified atom stereocenters. The zero-order chi connectivity index (χ0) is 12.7. The predicted octanol–water partition coefficient (Wildman–Crippen LogP) is 6.52. The molecular formula is C14H10Br2S2. The highest BCUT2D eigenvalue weighted by molar-refractivity contribution is 9.11. The average Bonchev–Trinajstić information content (AvgIpc) is 2.91. The monoisotopic (exact) mass is 400 g/mol. The molecule has 0 spiro atoms. The molecule has 1 aromatic carbocycles. The molecule has 4 heteroatoms. The molecule has 0 aliphatic heterocycles. The summed E-state index contributed by atoms with van der Waals surface area (Å²) in [4.78, 5) is 3.02. The van der Waals surface area contributed by atoms with Crippen LogP contribution in [0.1, 0.15) is 20.1 Å². The first-order valence-corrected chi connectivity index (χ1v) is 8.87. The van der Waals surface area contributed by atoms with Gasteiger partial charge in [0.2, 0.25) is 0 Å². The van der Waals surface area contributed by atoms with Crippen molar-refractivity contribution in [3.8, 4) is 0 Å². The molecule has 0 N–H and O–H groups in total. The average molecular weight is 402 g/mol. The van der Waals surface area contributed by atoms with E-state index in [-0.39, 0.29) is 4.83 Å². The molecule has 0 radical (unpaired) electrons. The van der Waals surface area contributed by atoms with Gasteiger partial charge in [0.25, 0.3) is 0 Å². The van der Waals surface area contributed by atoms with Gasteiger partial charge in [0, 0.05) is 14.5 Å². The maximum atomic E-state index is 3.83. The van der Waals surface area contributed by atoms with Crippen LogP contribution in [-0.2, 0) is 0 Å². The van der Waals surface area contributed by atoms with E-state index in [2.05, 4.69) is 75.2 Å². The van der Waals surface area contributed by atoms with Crippen molar-refractivity contribution in [2.45, 2.75) is 11.8 Å². The van der Waals surface area contributed by atoms with Gasteiger partial charge in [-0.2, -0.15) is 0 Å². The van der Waals surface area contributed by atoms with Crippen LogP contribution in [0, 0.1) is 6.92 Å². The second-order valence-electron chi connectivity index (χ2n) is 4.11. The number of alkyl halides is 1. The molecule has 0 saturated carbocycles. The number of aryl methyl sites for hydroxylation is 1. The number of rotatable bonds is 2. The van der Waals surface area contributed by atoms with E-state index in [9.17, 15) is 0 Å².